The van der Waals surface area contributed by atoms with E-state index in [0.29, 0.717) is 5.92 Å². The summed E-state index contributed by atoms with van der Waals surface area (Å²) in [5, 5.41) is 3.04. The maximum absolute atomic E-state index is 11.7. The maximum atomic E-state index is 11.7. The van der Waals surface area contributed by atoms with E-state index in [2.05, 4.69) is 29.6 Å². The van der Waals surface area contributed by atoms with Crippen molar-refractivity contribution in [2.24, 2.45) is 5.92 Å². The molecule has 0 radical (unpaired) electrons. The minimum absolute atomic E-state index is 0.247. The number of thioether (sulfide) groups is 1. The van der Waals surface area contributed by atoms with E-state index >= 15 is 0 Å². The molecule has 1 amide bonds. The molecule has 0 atom stereocenters. The highest BCUT2D eigenvalue weighted by Crippen LogP contribution is 2.27. The van der Waals surface area contributed by atoms with Gasteiger partial charge in [-0.2, -0.15) is 0 Å². The van der Waals surface area contributed by atoms with Crippen LogP contribution < -0.4 is 5.32 Å². The van der Waals surface area contributed by atoms with E-state index in [-0.39, 0.29) is 5.91 Å². The summed E-state index contributed by atoms with van der Waals surface area (Å²) < 4.78 is 0. The molecule has 1 N–H and O–H groups in total. The SMILES string of the molecule is O=C(CC1CCCC1)NCCCSc1ccccc1. The Morgan fingerprint density at radius 2 is 1.95 bits per heavy atom. The monoisotopic (exact) mass is 277 g/mol. The molecule has 0 spiro atoms. The first-order valence-electron chi connectivity index (χ1n) is 7.29. The Bertz CT molecular complexity index is 374. The third-order valence-electron chi connectivity index (χ3n) is 3.60. The number of rotatable bonds is 7. The average Bonchev–Trinajstić information content (AvgIpc) is 2.92. The Kier molecular flexibility index (Phi) is 6.28. The van der Waals surface area contributed by atoms with Gasteiger partial charge in [-0.3, -0.25) is 4.79 Å². The zero-order valence-electron chi connectivity index (χ0n) is 11.4. The number of hydrogen-bond acceptors (Lipinski definition) is 2. The van der Waals surface area contributed by atoms with Gasteiger partial charge >= 0.3 is 0 Å². The van der Waals surface area contributed by atoms with Crippen LogP contribution in [0.5, 0.6) is 0 Å². The van der Waals surface area contributed by atoms with E-state index in [1.807, 2.05) is 17.8 Å². The Labute approximate surface area is 120 Å². The van der Waals surface area contributed by atoms with Crippen LogP contribution in [0.4, 0.5) is 0 Å². The third kappa shape index (κ3) is 5.68. The minimum Gasteiger partial charge on any atom is -0.356 e. The van der Waals surface area contributed by atoms with Gasteiger partial charge in [0.05, 0.1) is 0 Å². The summed E-state index contributed by atoms with van der Waals surface area (Å²) in [6.07, 6.45) is 6.90. The van der Waals surface area contributed by atoms with Gasteiger partial charge in [0.15, 0.2) is 0 Å². The van der Waals surface area contributed by atoms with Gasteiger partial charge in [0, 0.05) is 17.9 Å². The van der Waals surface area contributed by atoms with Crippen molar-refractivity contribution < 1.29 is 4.79 Å². The molecule has 1 aromatic rings. The van der Waals surface area contributed by atoms with Crippen LogP contribution in [0.1, 0.15) is 38.5 Å². The highest BCUT2D eigenvalue weighted by atomic mass is 32.2. The summed E-state index contributed by atoms with van der Waals surface area (Å²) in [6, 6.07) is 10.4. The normalized spacial score (nSPS) is 15.6. The molecular weight excluding hydrogens is 254 g/mol. The predicted molar refractivity (Wildman–Crippen MR) is 81.4 cm³/mol. The largest absolute Gasteiger partial charge is 0.356 e. The van der Waals surface area contributed by atoms with E-state index < -0.39 is 0 Å². The van der Waals surface area contributed by atoms with Crippen LogP contribution in [0.2, 0.25) is 0 Å². The molecule has 1 aliphatic carbocycles. The first-order chi connectivity index (χ1) is 9.34. The molecule has 1 saturated carbocycles. The second-order valence-electron chi connectivity index (χ2n) is 5.22. The van der Waals surface area contributed by atoms with Gasteiger partial charge in [0.1, 0.15) is 0 Å². The van der Waals surface area contributed by atoms with Crippen molar-refractivity contribution in [3.8, 4) is 0 Å². The van der Waals surface area contributed by atoms with Crippen LogP contribution in [-0.4, -0.2) is 18.2 Å². The van der Waals surface area contributed by atoms with Crippen molar-refractivity contribution in [1.29, 1.82) is 0 Å². The number of carbonyl (C=O) groups is 1. The zero-order chi connectivity index (χ0) is 13.3. The quantitative estimate of drug-likeness (QED) is 0.605. The molecular formula is C16H23NOS. The number of nitrogens with one attached hydrogen (secondary N) is 1. The van der Waals surface area contributed by atoms with Gasteiger partial charge in [-0.05, 0) is 43.1 Å². The lowest BCUT2D eigenvalue weighted by atomic mass is 10.0. The van der Waals surface area contributed by atoms with Gasteiger partial charge in [-0.1, -0.05) is 31.0 Å². The molecule has 1 aliphatic rings. The van der Waals surface area contributed by atoms with Crippen molar-refractivity contribution in [3.05, 3.63) is 30.3 Å². The molecule has 2 rings (SSSR count). The lowest BCUT2D eigenvalue weighted by molar-refractivity contribution is -0.121. The Hall–Kier alpha value is -0.960. The van der Waals surface area contributed by atoms with Crippen molar-refractivity contribution in [1.82, 2.24) is 5.32 Å². The van der Waals surface area contributed by atoms with Crippen LogP contribution in [0.25, 0.3) is 0 Å². The molecule has 1 fully saturated rings. The molecule has 0 heterocycles. The van der Waals surface area contributed by atoms with Gasteiger partial charge in [-0.25, -0.2) is 0 Å². The van der Waals surface area contributed by atoms with Crippen LogP contribution in [-0.2, 0) is 4.79 Å². The zero-order valence-corrected chi connectivity index (χ0v) is 12.3. The molecule has 0 aliphatic heterocycles. The van der Waals surface area contributed by atoms with E-state index in [0.717, 1.165) is 25.1 Å². The smallest absolute Gasteiger partial charge is 0.220 e. The molecule has 0 unspecified atom stereocenters. The highest BCUT2D eigenvalue weighted by Gasteiger charge is 2.17. The van der Waals surface area contributed by atoms with Gasteiger partial charge in [0.25, 0.3) is 0 Å². The van der Waals surface area contributed by atoms with Crippen LogP contribution in [0, 0.1) is 5.92 Å². The molecule has 0 bridgehead atoms. The number of amides is 1. The van der Waals surface area contributed by atoms with Gasteiger partial charge in [-0.15, -0.1) is 11.8 Å². The number of hydrogen-bond donors (Lipinski definition) is 1. The summed E-state index contributed by atoms with van der Waals surface area (Å²) in [7, 11) is 0. The van der Waals surface area contributed by atoms with Gasteiger partial charge in [0.2, 0.25) is 5.91 Å². The fourth-order valence-corrected chi connectivity index (χ4v) is 3.43. The molecule has 0 saturated heterocycles. The van der Waals surface area contributed by atoms with Gasteiger partial charge < -0.3 is 5.32 Å². The van der Waals surface area contributed by atoms with E-state index in [4.69, 9.17) is 0 Å². The lowest BCUT2D eigenvalue weighted by Gasteiger charge is -2.09. The molecule has 0 aromatic heterocycles. The first-order valence-corrected chi connectivity index (χ1v) is 8.28. The summed E-state index contributed by atoms with van der Waals surface area (Å²) >= 11 is 1.85. The number of carbonyl (C=O) groups excluding carboxylic acids is 1. The molecule has 3 heteroatoms. The fraction of sp³-hybridized carbons (Fsp3) is 0.562. The van der Waals surface area contributed by atoms with Crippen molar-refractivity contribution >= 4 is 17.7 Å². The predicted octanol–water partition coefficient (Wildman–Crippen LogP) is 3.87. The summed E-state index contributed by atoms with van der Waals surface area (Å²) in [4.78, 5) is 13.0. The van der Waals surface area contributed by atoms with E-state index in [1.54, 1.807) is 0 Å². The molecule has 2 nitrogen and oxygen atoms in total. The minimum atomic E-state index is 0.247. The highest BCUT2D eigenvalue weighted by molar-refractivity contribution is 7.99. The Morgan fingerprint density at radius 3 is 2.68 bits per heavy atom. The summed E-state index contributed by atoms with van der Waals surface area (Å²) in [6.45, 7) is 0.811. The molecule has 104 valence electrons. The first kappa shape index (κ1) is 14.4. The summed E-state index contributed by atoms with van der Waals surface area (Å²) in [5.74, 6) is 1.96. The Morgan fingerprint density at radius 1 is 1.21 bits per heavy atom. The topological polar surface area (TPSA) is 29.1 Å². The van der Waals surface area contributed by atoms with E-state index in [9.17, 15) is 4.79 Å². The fourth-order valence-electron chi connectivity index (χ4n) is 2.56. The summed E-state index contributed by atoms with van der Waals surface area (Å²) in [5.41, 5.74) is 0. The standard InChI is InChI=1S/C16H23NOS/c18-16(13-14-7-4-5-8-14)17-11-6-12-19-15-9-2-1-3-10-15/h1-3,9-10,14H,4-8,11-13H2,(H,17,18). The third-order valence-corrected chi connectivity index (χ3v) is 4.70. The van der Waals surface area contributed by atoms with Crippen molar-refractivity contribution in [3.63, 3.8) is 0 Å². The van der Waals surface area contributed by atoms with E-state index in [1.165, 1.54) is 30.6 Å². The van der Waals surface area contributed by atoms with Crippen molar-refractivity contribution in [2.75, 3.05) is 12.3 Å². The molecule has 1 aromatic carbocycles. The second kappa shape index (κ2) is 8.26. The lowest BCUT2D eigenvalue weighted by Crippen LogP contribution is -2.26. The van der Waals surface area contributed by atoms with Crippen LogP contribution in [0.15, 0.2) is 35.2 Å². The number of benzene rings is 1. The maximum Gasteiger partial charge on any atom is 0.220 e. The second-order valence-corrected chi connectivity index (χ2v) is 6.39. The van der Waals surface area contributed by atoms with Crippen molar-refractivity contribution in [2.45, 2.75) is 43.4 Å². The molecule has 19 heavy (non-hydrogen) atoms. The Balaban J connectivity index is 1.50. The van der Waals surface area contributed by atoms with Crippen LogP contribution >= 0.6 is 11.8 Å². The van der Waals surface area contributed by atoms with Crippen LogP contribution in [0.3, 0.4) is 0 Å². The average molecular weight is 277 g/mol.